The molecule has 1 aliphatic rings. The summed E-state index contributed by atoms with van der Waals surface area (Å²) in [5.41, 5.74) is 1.45. The Kier molecular flexibility index (Phi) is 6.27. The van der Waals surface area contributed by atoms with Gasteiger partial charge in [-0.2, -0.15) is 4.98 Å². The van der Waals surface area contributed by atoms with Gasteiger partial charge in [0.25, 0.3) is 0 Å². The van der Waals surface area contributed by atoms with Crippen molar-refractivity contribution >= 4 is 27.3 Å². The van der Waals surface area contributed by atoms with E-state index in [1.54, 1.807) is 37.4 Å². The summed E-state index contributed by atoms with van der Waals surface area (Å²) in [7, 11) is -2.48. The Morgan fingerprint density at radius 2 is 1.77 bits per heavy atom. The fourth-order valence-electron chi connectivity index (χ4n) is 3.57. The first-order valence-electron chi connectivity index (χ1n) is 10.7. The van der Waals surface area contributed by atoms with Crippen LogP contribution in [0.15, 0.2) is 81.1 Å². The van der Waals surface area contributed by atoms with Crippen LogP contribution in [0.5, 0.6) is 17.2 Å². The number of nitrogens with one attached hydrogen (secondary N) is 1. The minimum Gasteiger partial charge on any atom is -0.497 e. The molecular formula is C25H21ClN2O6S. The molecule has 0 aliphatic carbocycles. The number of anilines is 1. The molecule has 3 aromatic carbocycles. The average molecular weight is 513 g/mol. The van der Waals surface area contributed by atoms with Gasteiger partial charge in [0.05, 0.1) is 12.0 Å². The first kappa shape index (κ1) is 23.1. The number of rotatable bonds is 7. The largest absolute Gasteiger partial charge is 0.497 e. The van der Waals surface area contributed by atoms with E-state index in [1.807, 2.05) is 24.3 Å². The van der Waals surface area contributed by atoms with E-state index < -0.39 is 9.84 Å². The van der Waals surface area contributed by atoms with Crippen molar-refractivity contribution in [3.63, 3.8) is 0 Å². The van der Waals surface area contributed by atoms with E-state index >= 15 is 0 Å². The molecule has 0 spiro atoms. The van der Waals surface area contributed by atoms with Crippen LogP contribution >= 0.6 is 11.6 Å². The van der Waals surface area contributed by atoms with Gasteiger partial charge in [-0.3, -0.25) is 0 Å². The van der Waals surface area contributed by atoms with Crippen molar-refractivity contribution in [2.75, 3.05) is 25.6 Å². The summed E-state index contributed by atoms with van der Waals surface area (Å²) in [6.07, 6.45) is 0. The standard InChI is InChI=1S/C25H21ClN2O6S/c1-31-19-7-5-16(6-8-19)15-27-24-25(28-23(34-24)17-3-2-4-18(26)13-17)35(29,30)20-9-10-21-22(14-20)33-12-11-32-21/h2-10,13-14,27H,11-12,15H2,1H3. The molecule has 8 nitrogen and oxygen atoms in total. The van der Waals surface area contributed by atoms with E-state index in [9.17, 15) is 8.42 Å². The predicted molar refractivity (Wildman–Crippen MR) is 130 cm³/mol. The van der Waals surface area contributed by atoms with Crippen molar-refractivity contribution in [3.05, 3.63) is 77.3 Å². The molecule has 0 unspecified atom stereocenters. The smallest absolute Gasteiger partial charge is 0.234 e. The summed E-state index contributed by atoms with van der Waals surface area (Å²) in [5.74, 6) is 1.72. The monoisotopic (exact) mass is 512 g/mol. The van der Waals surface area contributed by atoms with Crippen LogP contribution in [0.3, 0.4) is 0 Å². The lowest BCUT2D eigenvalue weighted by Gasteiger charge is -2.18. The number of aromatic nitrogens is 1. The molecule has 1 N–H and O–H groups in total. The molecule has 4 aromatic rings. The maximum Gasteiger partial charge on any atom is 0.234 e. The van der Waals surface area contributed by atoms with Gasteiger partial charge in [-0.1, -0.05) is 29.8 Å². The van der Waals surface area contributed by atoms with Gasteiger partial charge in [0.1, 0.15) is 19.0 Å². The molecular weight excluding hydrogens is 492 g/mol. The Hall–Kier alpha value is -3.69. The SMILES string of the molecule is COc1ccc(CNc2oc(-c3cccc(Cl)c3)nc2S(=O)(=O)c2ccc3c(c2)OCCO3)cc1. The molecule has 35 heavy (non-hydrogen) atoms. The maximum absolute atomic E-state index is 13.6. The highest BCUT2D eigenvalue weighted by atomic mass is 35.5. The number of sulfone groups is 1. The molecule has 1 aliphatic heterocycles. The molecule has 0 bridgehead atoms. The van der Waals surface area contributed by atoms with Gasteiger partial charge in [0, 0.05) is 23.2 Å². The predicted octanol–water partition coefficient (Wildman–Crippen LogP) is 5.22. The second-order valence-electron chi connectivity index (χ2n) is 7.67. The van der Waals surface area contributed by atoms with Crippen molar-refractivity contribution in [2.45, 2.75) is 16.5 Å². The second kappa shape index (κ2) is 9.52. The number of fused-ring (bicyclic) bond motifs is 1. The van der Waals surface area contributed by atoms with Crippen LogP contribution in [-0.2, 0) is 16.4 Å². The Morgan fingerprint density at radius 1 is 1.00 bits per heavy atom. The maximum atomic E-state index is 13.6. The number of ether oxygens (including phenoxy) is 3. The van der Waals surface area contributed by atoms with Crippen molar-refractivity contribution in [1.29, 1.82) is 0 Å². The molecule has 10 heteroatoms. The first-order valence-corrected chi connectivity index (χ1v) is 12.6. The molecule has 1 aromatic heterocycles. The summed E-state index contributed by atoms with van der Waals surface area (Å²) >= 11 is 6.12. The third kappa shape index (κ3) is 4.78. The van der Waals surface area contributed by atoms with E-state index in [2.05, 4.69) is 10.3 Å². The quantitative estimate of drug-likeness (QED) is 0.360. The molecule has 0 fully saturated rings. The third-order valence-electron chi connectivity index (χ3n) is 5.36. The van der Waals surface area contributed by atoms with Crippen molar-refractivity contribution in [2.24, 2.45) is 0 Å². The molecule has 0 radical (unpaired) electrons. The van der Waals surface area contributed by atoms with Crippen LogP contribution in [0.1, 0.15) is 5.56 Å². The number of methoxy groups -OCH3 is 1. The van der Waals surface area contributed by atoms with E-state index in [0.717, 1.165) is 11.3 Å². The number of nitrogens with zero attached hydrogens (tertiary/aromatic N) is 1. The van der Waals surface area contributed by atoms with Crippen LogP contribution in [0.2, 0.25) is 5.02 Å². The van der Waals surface area contributed by atoms with Crippen LogP contribution < -0.4 is 19.5 Å². The van der Waals surface area contributed by atoms with Gasteiger partial charge < -0.3 is 23.9 Å². The number of oxazole rings is 1. The Morgan fingerprint density at radius 3 is 2.51 bits per heavy atom. The third-order valence-corrected chi connectivity index (χ3v) is 7.25. The highest BCUT2D eigenvalue weighted by Gasteiger charge is 2.30. The van der Waals surface area contributed by atoms with Gasteiger partial charge >= 0.3 is 0 Å². The lowest BCUT2D eigenvalue weighted by molar-refractivity contribution is 0.171. The van der Waals surface area contributed by atoms with Gasteiger partial charge in [0.2, 0.25) is 26.6 Å². The zero-order valence-electron chi connectivity index (χ0n) is 18.7. The van der Waals surface area contributed by atoms with Gasteiger partial charge in [-0.15, -0.1) is 0 Å². The molecule has 2 heterocycles. The average Bonchev–Trinajstić information content (AvgIpc) is 3.33. The molecule has 0 amide bonds. The Labute approximate surface area is 207 Å². The van der Waals surface area contributed by atoms with Crippen LogP contribution in [0.25, 0.3) is 11.5 Å². The second-order valence-corrected chi connectivity index (χ2v) is 9.98. The van der Waals surface area contributed by atoms with Crippen LogP contribution in [-0.4, -0.2) is 33.7 Å². The normalized spacial score (nSPS) is 12.9. The first-order chi connectivity index (χ1) is 16.9. The zero-order chi connectivity index (χ0) is 24.4. The summed E-state index contributed by atoms with van der Waals surface area (Å²) in [4.78, 5) is 4.37. The highest BCUT2D eigenvalue weighted by molar-refractivity contribution is 7.91. The van der Waals surface area contributed by atoms with Gasteiger partial charge in [-0.25, -0.2) is 8.42 Å². The number of benzene rings is 3. The fourth-order valence-corrected chi connectivity index (χ4v) is 5.06. The van der Waals surface area contributed by atoms with Crippen LogP contribution in [0, 0.1) is 0 Å². The Balaban J connectivity index is 1.53. The van der Waals surface area contributed by atoms with Gasteiger partial charge in [0.15, 0.2) is 11.5 Å². The van der Waals surface area contributed by atoms with E-state index in [4.69, 9.17) is 30.2 Å². The van der Waals surface area contributed by atoms with Crippen molar-refractivity contribution in [3.8, 4) is 28.7 Å². The van der Waals surface area contributed by atoms with E-state index in [0.29, 0.717) is 41.8 Å². The lowest BCUT2D eigenvalue weighted by atomic mass is 10.2. The number of hydrogen-bond acceptors (Lipinski definition) is 8. The van der Waals surface area contributed by atoms with Crippen LogP contribution in [0.4, 0.5) is 5.88 Å². The molecule has 0 atom stereocenters. The summed E-state index contributed by atoms with van der Waals surface area (Å²) in [5, 5.41) is 3.31. The number of halogens is 1. The van der Waals surface area contributed by atoms with E-state index in [1.165, 1.54) is 12.1 Å². The summed E-state index contributed by atoms with van der Waals surface area (Å²) < 4.78 is 49.5. The van der Waals surface area contributed by atoms with Gasteiger partial charge in [-0.05, 0) is 48.0 Å². The summed E-state index contributed by atoms with van der Waals surface area (Å²) in [6, 6.07) is 18.7. The summed E-state index contributed by atoms with van der Waals surface area (Å²) in [6.45, 7) is 1.05. The molecule has 0 saturated heterocycles. The van der Waals surface area contributed by atoms with E-state index in [-0.39, 0.29) is 21.7 Å². The molecule has 5 rings (SSSR count). The Bertz CT molecular complexity index is 1470. The molecule has 180 valence electrons. The number of hydrogen-bond donors (Lipinski definition) is 1. The van der Waals surface area contributed by atoms with Crippen molar-refractivity contribution in [1.82, 2.24) is 4.98 Å². The highest BCUT2D eigenvalue weighted by Crippen LogP contribution is 2.37. The topological polar surface area (TPSA) is 99.9 Å². The lowest BCUT2D eigenvalue weighted by Crippen LogP contribution is -2.16. The van der Waals surface area contributed by atoms with Crippen molar-refractivity contribution < 1.29 is 27.0 Å². The molecule has 0 saturated carbocycles. The minimum absolute atomic E-state index is 0.0141. The zero-order valence-corrected chi connectivity index (χ0v) is 20.2. The fraction of sp³-hybridized carbons (Fsp3) is 0.160. The minimum atomic E-state index is -4.07.